The summed E-state index contributed by atoms with van der Waals surface area (Å²) in [5.41, 5.74) is 4.70. The molecular weight excluding hydrogens is 496 g/mol. The molecule has 5 rings (SSSR count). The van der Waals surface area contributed by atoms with Gasteiger partial charge < -0.3 is 16.0 Å². The fourth-order valence-corrected chi connectivity index (χ4v) is 4.99. The predicted octanol–water partition coefficient (Wildman–Crippen LogP) is 6.35. The number of hydrogen-bond acceptors (Lipinski definition) is 5. The molecule has 7 nitrogen and oxygen atoms in total. The van der Waals surface area contributed by atoms with Gasteiger partial charge in [0.1, 0.15) is 10.3 Å². The van der Waals surface area contributed by atoms with Crippen molar-refractivity contribution in [1.29, 1.82) is 0 Å². The van der Waals surface area contributed by atoms with E-state index in [1.165, 1.54) is 0 Å². The molecule has 0 atom stereocenters. The quantitative estimate of drug-likeness (QED) is 0.245. The third kappa shape index (κ3) is 5.21. The van der Waals surface area contributed by atoms with Crippen LogP contribution in [0.25, 0.3) is 11.3 Å². The van der Waals surface area contributed by atoms with Crippen LogP contribution >= 0.6 is 11.3 Å². The highest BCUT2D eigenvalue weighted by atomic mass is 32.1. The van der Waals surface area contributed by atoms with Crippen molar-refractivity contribution in [2.45, 2.75) is 33.6 Å². The van der Waals surface area contributed by atoms with Gasteiger partial charge in [-0.3, -0.25) is 14.4 Å². The summed E-state index contributed by atoms with van der Waals surface area (Å²) in [5, 5.41) is 8.89. The zero-order valence-corrected chi connectivity index (χ0v) is 22.2. The lowest BCUT2D eigenvalue weighted by Gasteiger charge is -2.14. The minimum absolute atomic E-state index is 0.272. The molecule has 38 heavy (non-hydrogen) atoms. The molecule has 0 saturated heterocycles. The van der Waals surface area contributed by atoms with Gasteiger partial charge in [-0.05, 0) is 69.0 Å². The first-order valence-electron chi connectivity index (χ1n) is 12.4. The van der Waals surface area contributed by atoms with Gasteiger partial charge in [0.15, 0.2) is 5.13 Å². The maximum Gasteiger partial charge on any atom is 0.268 e. The van der Waals surface area contributed by atoms with Crippen LogP contribution < -0.4 is 16.0 Å². The molecule has 3 N–H and O–H groups in total. The van der Waals surface area contributed by atoms with Crippen molar-refractivity contribution >= 4 is 45.6 Å². The SMILES string of the molecule is Cc1ccc(NC(=O)C2(C(=O)Nc3nc(-c4ccccc4)c(C(=O)Nc4ccc(C)c(C)c4)s3)CC2)cc1. The van der Waals surface area contributed by atoms with Crippen molar-refractivity contribution in [3.05, 3.63) is 94.4 Å². The van der Waals surface area contributed by atoms with E-state index in [9.17, 15) is 14.4 Å². The molecule has 0 radical (unpaired) electrons. The number of anilines is 3. The van der Waals surface area contributed by atoms with Crippen molar-refractivity contribution in [3.8, 4) is 11.3 Å². The number of benzene rings is 3. The van der Waals surface area contributed by atoms with Crippen LogP contribution in [0.5, 0.6) is 0 Å². The number of hydrogen-bond donors (Lipinski definition) is 3. The molecule has 0 unspecified atom stereocenters. The topological polar surface area (TPSA) is 100 Å². The average Bonchev–Trinajstić information content (AvgIpc) is 3.62. The molecule has 1 fully saturated rings. The number of aromatic nitrogens is 1. The molecule has 3 amide bonds. The van der Waals surface area contributed by atoms with Gasteiger partial charge in [0.05, 0.1) is 5.69 Å². The van der Waals surface area contributed by atoms with Crippen molar-refractivity contribution in [2.24, 2.45) is 5.41 Å². The number of nitrogens with zero attached hydrogens (tertiary/aromatic N) is 1. The molecule has 192 valence electrons. The van der Waals surface area contributed by atoms with Crippen LogP contribution in [0.3, 0.4) is 0 Å². The fraction of sp³-hybridized carbons (Fsp3) is 0.200. The Balaban J connectivity index is 1.38. The van der Waals surface area contributed by atoms with Crippen LogP contribution in [-0.2, 0) is 9.59 Å². The lowest BCUT2D eigenvalue weighted by molar-refractivity contribution is -0.131. The van der Waals surface area contributed by atoms with Gasteiger partial charge in [-0.2, -0.15) is 0 Å². The van der Waals surface area contributed by atoms with Crippen LogP contribution in [0.4, 0.5) is 16.5 Å². The number of thiazole rings is 1. The molecule has 0 spiro atoms. The van der Waals surface area contributed by atoms with E-state index in [0.717, 1.165) is 33.6 Å². The van der Waals surface area contributed by atoms with Crippen molar-refractivity contribution in [1.82, 2.24) is 4.98 Å². The first kappa shape index (κ1) is 25.4. The number of aryl methyl sites for hydroxylation is 3. The van der Waals surface area contributed by atoms with E-state index in [1.54, 1.807) is 0 Å². The fourth-order valence-electron chi connectivity index (χ4n) is 4.11. The number of carbonyl (C=O) groups excluding carboxylic acids is 3. The van der Waals surface area contributed by atoms with Gasteiger partial charge in [-0.25, -0.2) is 4.98 Å². The Morgan fingerprint density at radius 1 is 0.763 bits per heavy atom. The van der Waals surface area contributed by atoms with E-state index in [1.807, 2.05) is 93.6 Å². The Labute approximate surface area is 225 Å². The average molecular weight is 525 g/mol. The Kier molecular flexibility index (Phi) is 6.82. The van der Waals surface area contributed by atoms with Gasteiger partial charge in [-0.1, -0.05) is 65.4 Å². The van der Waals surface area contributed by atoms with Crippen molar-refractivity contribution < 1.29 is 14.4 Å². The van der Waals surface area contributed by atoms with Gasteiger partial charge in [0.2, 0.25) is 11.8 Å². The van der Waals surface area contributed by atoms with E-state index in [0.29, 0.717) is 34.8 Å². The minimum atomic E-state index is -1.15. The Morgan fingerprint density at radius 3 is 2.08 bits per heavy atom. The summed E-state index contributed by atoms with van der Waals surface area (Å²) in [6.07, 6.45) is 0.904. The van der Waals surface area contributed by atoms with Gasteiger partial charge in [-0.15, -0.1) is 0 Å². The molecule has 4 aromatic rings. The summed E-state index contributed by atoms with van der Waals surface area (Å²) >= 11 is 1.09. The maximum absolute atomic E-state index is 13.3. The maximum atomic E-state index is 13.3. The second-order valence-corrected chi connectivity index (χ2v) is 10.7. The molecule has 8 heteroatoms. The summed E-state index contributed by atoms with van der Waals surface area (Å²) in [7, 11) is 0. The van der Waals surface area contributed by atoms with Crippen LogP contribution in [0.15, 0.2) is 72.8 Å². The summed E-state index contributed by atoms with van der Waals surface area (Å²) in [4.78, 5) is 44.6. The highest BCUT2D eigenvalue weighted by molar-refractivity contribution is 7.18. The lowest BCUT2D eigenvalue weighted by atomic mass is 10.1. The third-order valence-electron chi connectivity index (χ3n) is 6.79. The summed E-state index contributed by atoms with van der Waals surface area (Å²) < 4.78 is 0. The molecule has 0 bridgehead atoms. The zero-order valence-electron chi connectivity index (χ0n) is 21.4. The lowest BCUT2D eigenvalue weighted by Crippen LogP contribution is -2.35. The Bertz CT molecular complexity index is 1520. The molecule has 1 aliphatic rings. The van der Waals surface area contributed by atoms with E-state index < -0.39 is 11.3 Å². The largest absolute Gasteiger partial charge is 0.325 e. The molecule has 3 aromatic carbocycles. The number of carbonyl (C=O) groups is 3. The molecule has 1 heterocycles. The molecule has 1 aromatic heterocycles. The Morgan fingerprint density at radius 2 is 1.42 bits per heavy atom. The first-order valence-corrected chi connectivity index (χ1v) is 13.2. The Hall–Kier alpha value is -4.30. The van der Waals surface area contributed by atoms with E-state index in [-0.39, 0.29) is 16.9 Å². The number of rotatable bonds is 7. The minimum Gasteiger partial charge on any atom is -0.325 e. The summed E-state index contributed by atoms with van der Waals surface area (Å²) in [6.45, 7) is 5.97. The molecule has 1 saturated carbocycles. The summed E-state index contributed by atoms with van der Waals surface area (Å²) in [5.74, 6) is -1.08. The predicted molar refractivity (Wildman–Crippen MR) is 152 cm³/mol. The van der Waals surface area contributed by atoms with Crippen LogP contribution in [0, 0.1) is 26.2 Å². The van der Waals surface area contributed by atoms with Gasteiger partial charge >= 0.3 is 0 Å². The van der Waals surface area contributed by atoms with Gasteiger partial charge in [0.25, 0.3) is 5.91 Å². The highest BCUT2D eigenvalue weighted by Crippen LogP contribution is 2.48. The van der Waals surface area contributed by atoms with Crippen LogP contribution in [0.2, 0.25) is 0 Å². The zero-order chi connectivity index (χ0) is 26.9. The van der Waals surface area contributed by atoms with Crippen LogP contribution in [0.1, 0.15) is 39.2 Å². The number of nitrogens with one attached hydrogen (secondary N) is 3. The van der Waals surface area contributed by atoms with Crippen molar-refractivity contribution in [3.63, 3.8) is 0 Å². The smallest absolute Gasteiger partial charge is 0.268 e. The number of amides is 3. The van der Waals surface area contributed by atoms with Crippen molar-refractivity contribution in [2.75, 3.05) is 16.0 Å². The highest BCUT2D eigenvalue weighted by Gasteiger charge is 2.56. The monoisotopic (exact) mass is 524 g/mol. The second-order valence-electron chi connectivity index (χ2n) is 9.67. The standard InChI is InChI=1S/C30H28N4O3S/c1-18-9-12-22(13-10-18)32-27(36)30(15-16-30)28(37)34-29-33-24(21-7-5-4-6-8-21)25(38-29)26(35)31-23-14-11-19(2)20(3)17-23/h4-14,17H,15-16H2,1-3H3,(H,31,35)(H,32,36)(H,33,34,37). The second kappa shape index (κ2) is 10.2. The normalized spacial score (nSPS) is 13.4. The molecular formula is C30H28N4O3S. The first-order chi connectivity index (χ1) is 18.2. The van der Waals surface area contributed by atoms with E-state index >= 15 is 0 Å². The molecule has 1 aliphatic carbocycles. The van der Waals surface area contributed by atoms with Crippen LogP contribution in [-0.4, -0.2) is 22.7 Å². The third-order valence-corrected chi connectivity index (χ3v) is 7.76. The van der Waals surface area contributed by atoms with E-state index in [2.05, 4.69) is 20.9 Å². The van der Waals surface area contributed by atoms with Gasteiger partial charge in [0, 0.05) is 16.9 Å². The summed E-state index contributed by atoms with van der Waals surface area (Å²) in [6, 6.07) is 22.5. The van der Waals surface area contributed by atoms with E-state index in [4.69, 9.17) is 0 Å². The molecule has 0 aliphatic heterocycles.